The minimum absolute atomic E-state index is 0.00151. The number of anilines is 1. The Hall–Kier alpha value is -3.22. The van der Waals surface area contributed by atoms with Crippen molar-refractivity contribution in [3.05, 3.63) is 48.0 Å². The molecule has 2 aliphatic rings. The summed E-state index contributed by atoms with van der Waals surface area (Å²) in [6.45, 7) is 1.88. The number of aromatic hydroxyl groups is 1. The number of carbonyl (C=O) groups excluding carboxylic acids is 2. The number of phenols is 1. The third-order valence-electron chi connectivity index (χ3n) is 5.06. The van der Waals surface area contributed by atoms with Gasteiger partial charge in [0, 0.05) is 24.7 Å². The number of phenolic OH excluding ortho intramolecular Hbond substituents is 1. The molecule has 0 unspecified atom stereocenters. The molecule has 146 valence electrons. The van der Waals surface area contributed by atoms with Gasteiger partial charge in [0.25, 0.3) is 11.8 Å². The van der Waals surface area contributed by atoms with Crippen LogP contribution >= 0.6 is 0 Å². The number of nitrogens with one attached hydrogen (secondary N) is 1. The van der Waals surface area contributed by atoms with E-state index in [0.29, 0.717) is 48.4 Å². The Morgan fingerprint density at radius 2 is 2.04 bits per heavy atom. The summed E-state index contributed by atoms with van der Waals surface area (Å²) in [6.07, 6.45) is 1.71. The van der Waals surface area contributed by atoms with Crippen LogP contribution in [-0.2, 0) is 4.79 Å². The van der Waals surface area contributed by atoms with E-state index in [1.165, 1.54) is 0 Å². The Balaban J connectivity index is 1.31. The van der Waals surface area contributed by atoms with Gasteiger partial charge in [-0.05, 0) is 49.1 Å². The summed E-state index contributed by atoms with van der Waals surface area (Å²) in [7, 11) is 0. The van der Waals surface area contributed by atoms with Gasteiger partial charge in [-0.2, -0.15) is 0 Å². The van der Waals surface area contributed by atoms with Crippen LogP contribution in [0.25, 0.3) is 0 Å². The minimum atomic E-state index is -0.218. The lowest BCUT2D eigenvalue weighted by molar-refractivity contribution is -0.118. The first kappa shape index (κ1) is 18.2. The quantitative estimate of drug-likeness (QED) is 0.849. The molecule has 0 spiro atoms. The fraction of sp³-hybridized carbons (Fsp3) is 0.333. The van der Waals surface area contributed by atoms with Gasteiger partial charge >= 0.3 is 0 Å². The van der Waals surface area contributed by atoms with Crippen LogP contribution in [-0.4, -0.2) is 48.1 Å². The van der Waals surface area contributed by atoms with Crippen molar-refractivity contribution in [1.29, 1.82) is 0 Å². The summed E-state index contributed by atoms with van der Waals surface area (Å²) in [4.78, 5) is 26.1. The summed E-state index contributed by atoms with van der Waals surface area (Å²) in [6, 6.07) is 11.9. The highest BCUT2D eigenvalue weighted by Gasteiger charge is 2.25. The molecule has 0 aliphatic carbocycles. The zero-order valence-electron chi connectivity index (χ0n) is 15.4. The lowest BCUT2D eigenvalue weighted by atomic mass is 9.97. The van der Waals surface area contributed by atoms with Crippen LogP contribution in [0.15, 0.2) is 42.5 Å². The van der Waals surface area contributed by atoms with Crippen LogP contribution in [0.2, 0.25) is 0 Å². The van der Waals surface area contributed by atoms with Gasteiger partial charge in [-0.1, -0.05) is 6.07 Å². The van der Waals surface area contributed by atoms with E-state index in [1.807, 2.05) is 11.0 Å². The van der Waals surface area contributed by atoms with Crippen LogP contribution in [0.1, 0.15) is 23.2 Å². The van der Waals surface area contributed by atoms with E-state index in [0.717, 1.165) is 12.8 Å². The molecule has 2 heterocycles. The molecule has 2 amide bonds. The van der Waals surface area contributed by atoms with Crippen molar-refractivity contribution in [3.8, 4) is 17.2 Å². The fourth-order valence-corrected chi connectivity index (χ4v) is 3.49. The van der Waals surface area contributed by atoms with E-state index in [4.69, 9.17) is 9.47 Å². The number of hydrogen-bond acceptors (Lipinski definition) is 5. The van der Waals surface area contributed by atoms with E-state index in [1.54, 1.807) is 36.4 Å². The highest BCUT2D eigenvalue weighted by Crippen LogP contribution is 2.29. The normalized spacial score (nSPS) is 16.7. The number of fused-ring (bicyclic) bond motifs is 1. The Kier molecular flexibility index (Phi) is 5.06. The molecule has 2 aromatic rings. The Labute approximate surface area is 162 Å². The van der Waals surface area contributed by atoms with Crippen LogP contribution < -0.4 is 14.8 Å². The van der Waals surface area contributed by atoms with Crippen molar-refractivity contribution in [2.45, 2.75) is 12.8 Å². The van der Waals surface area contributed by atoms with Crippen molar-refractivity contribution in [1.82, 2.24) is 4.90 Å². The summed E-state index contributed by atoms with van der Waals surface area (Å²) >= 11 is 0. The maximum absolute atomic E-state index is 12.8. The lowest BCUT2D eigenvalue weighted by Crippen LogP contribution is -2.39. The zero-order chi connectivity index (χ0) is 19.5. The number of nitrogens with zero attached hydrogens (tertiary/aromatic N) is 1. The van der Waals surface area contributed by atoms with Crippen molar-refractivity contribution < 1.29 is 24.2 Å². The van der Waals surface area contributed by atoms with E-state index in [2.05, 4.69) is 5.32 Å². The van der Waals surface area contributed by atoms with Crippen LogP contribution in [0, 0.1) is 5.92 Å². The number of ether oxygens (including phenoxy) is 2. The van der Waals surface area contributed by atoms with Gasteiger partial charge in [0.2, 0.25) is 0 Å². The van der Waals surface area contributed by atoms with Crippen molar-refractivity contribution in [2.24, 2.45) is 5.92 Å². The molecule has 7 nitrogen and oxygen atoms in total. The first-order valence-electron chi connectivity index (χ1n) is 9.36. The third-order valence-corrected chi connectivity index (χ3v) is 5.06. The highest BCUT2D eigenvalue weighted by atomic mass is 16.5. The second-order valence-electron chi connectivity index (χ2n) is 7.09. The summed E-state index contributed by atoms with van der Waals surface area (Å²) in [5, 5.41) is 12.2. The number of rotatable bonds is 4. The third kappa shape index (κ3) is 4.03. The smallest absolute Gasteiger partial charge is 0.262 e. The largest absolute Gasteiger partial charge is 0.508 e. The van der Waals surface area contributed by atoms with Crippen LogP contribution in [0.4, 0.5) is 5.69 Å². The molecule has 2 aromatic carbocycles. The Morgan fingerprint density at radius 1 is 1.21 bits per heavy atom. The highest BCUT2D eigenvalue weighted by molar-refractivity contribution is 5.99. The molecule has 4 rings (SSSR count). The first-order chi connectivity index (χ1) is 13.6. The summed E-state index contributed by atoms with van der Waals surface area (Å²) in [5.41, 5.74) is 1.08. The Morgan fingerprint density at radius 3 is 2.82 bits per heavy atom. The standard InChI is InChI=1S/C21H22N2O5/c24-16-2-1-3-17(11-16)27-12-14-6-8-23(9-7-14)21(26)15-4-5-19-18(10-15)22-20(25)13-28-19/h1-5,10-11,14,24H,6-9,12-13H2,(H,22,25). The molecule has 0 radical (unpaired) electrons. The molecule has 0 atom stereocenters. The van der Waals surface area contributed by atoms with Gasteiger partial charge < -0.3 is 24.8 Å². The molecule has 2 N–H and O–H groups in total. The van der Waals surface area contributed by atoms with Gasteiger partial charge in [0.15, 0.2) is 6.61 Å². The number of amides is 2. The minimum Gasteiger partial charge on any atom is -0.508 e. The van der Waals surface area contributed by atoms with E-state index >= 15 is 0 Å². The zero-order valence-corrected chi connectivity index (χ0v) is 15.4. The van der Waals surface area contributed by atoms with Gasteiger partial charge in [-0.3, -0.25) is 9.59 Å². The summed E-state index contributed by atoms with van der Waals surface area (Å²) in [5.74, 6) is 1.52. The van der Waals surface area contributed by atoms with E-state index in [-0.39, 0.29) is 24.2 Å². The van der Waals surface area contributed by atoms with E-state index in [9.17, 15) is 14.7 Å². The molecule has 0 aromatic heterocycles. The number of likely N-dealkylation sites (tertiary alicyclic amines) is 1. The molecular formula is C21H22N2O5. The van der Waals surface area contributed by atoms with Crippen molar-refractivity contribution >= 4 is 17.5 Å². The second kappa shape index (κ2) is 7.80. The van der Waals surface area contributed by atoms with Crippen LogP contribution in [0.3, 0.4) is 0 Å². The van der Waals surface area contributed by atoms with Gasteiger partial charge in [0.1, 0.15) is 17.2 Å². The molecule has 0 bridgehead atoms. The maximum atomic E-state index is 12.8. The monoisotopic (exact) mass is 382 g/mol. The molecule has 2 aliphatic heterocycles. The lowest BCUT2D eigenvalue weighted by Gasteiger charge is -2.32. The molecule has 1 fully saturated rings. The van der Waals surface area contributed by atoms with Crippen LogP contribution in [0.5, 0.6) is 17.2 Å². The molecule has 7 heteroatoms. The van der Waals surface area contributed by atoms with Crippen molar-refractivity contribution in [3.63, 3.8) is 0 Å². The van der Waals surface area contributed by atoms with Gasteiger partial charge in [-0.15, -0.1) is 0 Å². The predicted molar refractivity (Wildman–Crippen MR) is 103 cm³/mol. The van der Waals surface area contributed by atoms with Gasteiger partial charge in [-0.25, -0.2) is 0 Å². The number of hydrogen-bond donors (Lipinski definition) is 2. The fourth-order valence-electron chi connectivity index (χ4n) is 3.49. The second-order valence-corrected chi connectivity index (χ2v) is 7.09. The average molecular weight is 382 g/mol. The maximum Gasteiger partial charge on any atom is 0.262 e. The first-order valence-corrected chi connectivity index (χ1v) is 9.36. The molecule has 1 saturated heterocycles. The molecule has 0 saturated carbocycles. The predicted octanol–water partition coefficient (Wildman–Crippen LogP) is 2.65. The Bertz CT molecular complexity index is 890. The average Bonchev–Trinajstić information content (AvgIpc) is 2.71. The number of piperidine rings is 1. The SMILES string of the molecule is O=C1COc2ccc(C(=O)N3CCC(COc4cccc(O)c4)CC3)cc2N1. The van der Waals surface area contributed by atoms with Crippen molar-refractivity contribution in [2.75, 3.05) is 31.6 Å². The molecular weight excluding hydrogens is 360 g/mol. The number of carbonyl (C=O) groups is 2. The summed E-state index contributed by atoms with van der Waals surface area (Å²) < 4.78 is 11.1. The topological polar surface area (TPSA) is 88.1 Å². The number of benzene rings is 2. The molecule has 28 heavy (non-hydrogen) atoms. The van der Waals surface area contributed by atoms with E-state index < -0.39 is 0 Å². The van der Waals surface area contributed by atoms with Gasteiger partial charge in [0.05, 0.1) is 12.3 Å².